The monoisotopic (exact) mass is 467 g/mol. The highest BCUT2D eigenvalue weighted by Crippen LogP contribution is 2.23. The van der Waals surface area contributed by atoms with Gasteiger partial charge in [0.05, 0.1) is 17.5 Å². The molecule has 176 valence electrons. The maximum Gasteiger partial charge on any atom is 0.281 e. The Morgan fingerprint density at radius 2 is 1.91 bits per heavy atom. The highest BCUT2D eigenvalue weighted by molar-refractivity contribution is 5.98. The number of fused-ring (bicyclic) bond motifs is 3. The summed E-state index contributed by atoms with van der Waals surface area (Å²) in [6.45, 7) is 5.10. The molecule has 5 aromatic rings. The molecule has 8 heteroatoms. The molecule has 1 amide bonds. The average Bonchev–Trinajstić information content (AvgIpc) is 3.30. The maximum atomic E-state index is 12.9. The van der Waals surface area contributed by atoms with Crippen LogP contribution >= 0.6 is 0 Å². The van der Waals surface area contributed by atoms with Gasteiger partial charge in [-0.1, -0.05) is 42.8 Å². The largest absolute Gasteiger partial charge is 0.494 e. The fourth-order valence-electron chi connectivity index (χ4n) is 3.96. The highest BCUT2D eigenvalue weighted by atomic mass is 16.5. The number of hydrogen-bond acceptors (Lipinski definition) is 5. The molecule has 2 N–H and O–H groups in total. The van der Waals surface area contributed by atoms with Gasteiger partial charge in [-0.3, -0.25) is 9.59 Å². The van der Waals surface area contributed by atoms with Gasteiger partial charge >= 0.3 is 0 Å². The van der Waals surface area contributed by atoms with E-state index in [1.165, 1.54) is 0 Å². The Kier molecular flexibility index (Phi) is 6.01. The minimum Gasteiger partial charge on any atom is -0.494 e. The molecule has 0 radical (unpaired) electrons. The van der Waals surface area contributed by atoms with Gasteiger partial charge in [0.15, 0.2) is 5.65 Å². The van der Waals surface area contributed by atoms with Crippen molar-refractivity contribution in [1.29, 1.82) is 0 Å². The quantitative estimate of drug-likeness (QED) is 0.372. The molecule has 0 fully saturated rings. The van der Waals surface area contributed by atoms with Crippen LogP contribution in [0.1, 0.15) is 34.8 Å². The first-order chi connectivity index (χ1) is 17.0. The third-order valence-electron chi connectivity index (χ3n) is 5.76. The molecule has 0 aliphatic carbocycles. The van der Waals surface area contributed by atoms with E-state index in [4.69, 9.17) is 4.74 Å². The lowest BCUT2D eigenvalue weighted by Crippen LogP contribution is -2.23. The molecule has 3 aromatic carbocycles. The lowest BCUT2D eigenvalue weighted by atomic mass is 10.1. The molecule has 8 nitrogen and oxygen atoms in total. The van der Waals surface area contributed by atoms with E-state index in [-0.39, 0.29) is 11.5 Å². The van der Waals surface area contributed by atoms with Crippen LogP contribution in [0.5, 0.6) is 5.75 Å². The van der Waals surface area contributed by atoms with Crippen LogP contribution in [0.15, 0.2) is 71.5 Å². The van der Waals surface area contributed by atoms with E-state index in [0.29, 0.717) is 41.0 Å². The molecular formula is C27H25N5O3. The van der Waals surface area contributed by atoms with Crippen molar-refractivity contribution in [3.8, 4) is 17.0 Å². The Balaban J connectivity index is 1.42. The van der Waals surface area contributed by atoms with Crippen molar-refractivity contribution in [2.75, 3.05) is 6.61 Å². The molecule has 0 unspecified atom stereocenters. The standard InChI is InChI=1S/C27H25N5O3/c1-3-13-35-21-10-7-18(8-11-21)16-28-26(33)20-9-12-22-23(15-20)32-25(29-27(22)34)24(30-31-32)19-6-4-5-17(2)14-19/h4-12,14-15,31H,3,13,16H2,1-2H3,(H,28,33). The third-order valence-corrected chi connectivity index (χ3v) is 5.76. The van der Waals surface area contributed by atoms with E-state index in [9.17, 15) is 9.59 Å². The Morgan fingerprint density at radius 3 is 2.69 bits per heavy atom. The number of carbonyl (C=O) groups excluding carboxylic acids is 1. The first-order valence-electron chi connectivity index (χ1n) is 11.5. The molecule has 0 bridgehead atoms. The molecule has 0 aliphatic rings. The molecule has 2 aromatic heterocycles. The number of carbonyl (C=O) groups is 1. The summed E-state index contributed by atoms with van der Waals surface area (Å²) in [5.41, 5.74) is 4.49. The molecular weight excluding hydrogens is 442 g/mol. The second kappa shape index (κ2) is 9.42. The number of nitrogens with zero attached hydrogens (tertiary/aromatic N) is 3. The van der Waals surface area contributed by atoms with Crippen LogP contribution in [-0.4, -0.2) is 32.3 Å². The fourth-order valence-corrected chi connectivity index (χ4v) is 3.96. The first-order valence-corrected chi connectivity index (χ1v) is 11.5. The number of H-pyrrole nitrogens is 1. The van der Waals surface area contributed by atoms with Crippen molar-refractivity contribution < 1.29 is 9.53 Å². The summed E-state index contributed by atoms with van der Waals surface area (Å²) in [4.78, 5) is 29.9. The van der Waals surface area contributed by atoms with Crippen molar-refractivity contribution >= 4 is 22.5 Å². The third kappa shape index (κ3) is 4.50. The van der Waals surface area contributed by atoms with Crippen LogP contribution in [0.4, 0.5) is 0 Å². The van der Waals surface area contributed by atoms with Crippen molar-refractivity contribution in [2.24, 2.45) is 0 Å². The van der Waals surface area contributed by atoms with Crippen LogP contribution in [0, 0.1) is 6.92 Å². The van der Waals surface area contributed by atoms with Crippen molar-refractivity contribution in [1.82, 2.24) is 25.1 Å². The summed E-state index contributed by atoms with van der Waals surface area (Å²) in [6.07, 6.45) is 0.948. The summed E-state index contributed by atoms with van der Waals surface area (Å²) >= 11 is 0. The number of rotatable bonds is 7. The maximum absolute atomic E-state index is 12.9. The Labute approximate surface area is 201 Å². The highest BCUT2D eigenvalue weighted by Gasteiger charge is 2.16. The van der Waals surface area contributed by atoms with E-state index < -0.39 is 0 Å². The zero-order valence-electron chi connectivity index (χ0n) is 19.5. The summed E-state index contributed by atoms with van der Waals surface area (Å²) in [5.74, 6) is 0.568. The van der Waals surface area contributed by atoms with E-state index in [2.05, 4.69) is 27.5 Å². The number of hydrogen-bond donors (Lipinski definition) is 2. The molecule has 0 atom stereocenters. The van der Waals surface area contributed by atoms with Crippen LogP contribution in [0.2, 0.25) is 0 Å². The zero-order chi connectivity index (χ0) is 24.4. The summed E-state index contributed by atoms with van der Waals surface area (Å²) < 4.78 is 7.24. The number of aryl methyl sites for hydroxylation is 1. The van der Waals surface area contributed by atoms with Gasteiger partial charge in [-0.15, -0.1) is 0 Å². The Bertz CT molecular complexity index is 1580. The summed E-state index contributed by atoms with van der Waals surface area (Å²) in [6, 6.07) is 20.4. The molecule has 5 rings (SSSR count). The number of ether oxygens (including phenoxy) is 1. The molecule has 0 aliphatic heterocycles. The lowest BCUT2D eigenvalue weighted by Gasteiger charge is -2.08. The van der Waals surface area contributed by atoms with Gasteiger partial charge in [-0.2, -0.15) is 10.1 Å². The van der Waals surface area contributed by atoms with E-state index >= 15 is 0 Å². The van der Waals surface area contributed by atoms with Crippen molar-refractivity contribution in [3.05, 3.63) is 93.8 Å². The number of aromatic amines is 1. The van der Waals surface area contributed by atoms with E-state index in [0.717, 1.165) is 28.9 Å². The van der Waals surface area contributed by atoms with Crippen LogP contribution in [-0.2, 0) is 6.54 Å². The van der Waals surface area contributed by atoms with Gasteiger partial charge in [0.1, 0.15) is 11.4 Å². The lowest BCUT2D eigenvalue weighted by molar-refractivity contribution is 0.0951. The molecule has 2 heterocycles. The molecule has 0 saturated heterocycles. The van der Waals surface area contributed by atoms with Gasteiger partial charge in [-0.25, -0.2) is 9.73 Å². The number of amides is 1. The van der Waals surface area contributed by atoms with Gasteiger partial charge in [0.25, 0.3) is 11.5 Å². The molecule has 0 spiro atoms. The summed E-state index contributed by atoms with van der Waals surface area (Å²) in [5, 5.41) is 10.7. The SMILES string of the molecule is CCCOc1ccc(CNC(=O)c2ccc3c(=O)nc4c(-c5cccc(C)c5)n[nH]n4c3c2)cc1. The molecule has 0 saturated carbocycles. The Hall–Kier alpha value is -4.46. The zero-order valence-corrected chi connectivity index (χ0v) is 19.5. The average molecular weight is 468 g/mol. The minimum absolute atomic E-state index is 0.241. The number of aromatic nitrogens is 4. The van der Waals surface area contributed by atoms with E-state index in [1.807, 2.05) is 55.5 Å². The van der Waals surface area contributed by atoms with Gasteiger partial charge in [-0.05, 0) is 55.3 Å². The minimum atomic E-state index is -0.368. The fraction of sp³-hybridized carbons (Fsp3) is 0.185. The van der Waals surface area contributed by atoms with Crippen LogP contribution in [0.25, 0.3) is 27.8 Å². The van der Waals surface area contributed by atoms with Gasteiger partial charge in [0, 0.05) is 17.7 Å². The summed E-state index contributed by atoms with van der Waals surface area (Å²) in [7, 11) is 0. The number of nitrogens with one attached hydrogen (secondary N) is 2. The van der Waals surface area contributed by atoms with E-state index in [1.54, 1.807) is 22.7 Å². The smallest absolute Gasteiger partial charge is 0.281 e. The molecule has 35 heavy (non-hydrogen) atoms. The second-order valence-electron chi connectivity index (χ2n) is 8.41. The predicted octanol–water partition coefficient (Wildman–Crippen LogP) is 4.27. The second-order valence-corrected chi connectivity index (χ2v) is 8.41. The van der Waals surface area contributed by atoms with Gasteiger partial charge < -0.3 is 10.1 Å². The normalized spacial score (nSPS) is 11.1. The van der Waals surface area contributed by atoms with Crippen LogP contribution in [0.3, 0.4) is 0 Å². The first kappa shape index (κ1) is 22.3. The van der Waals surface area contributed by atoms with Crippen molar-refractivity contribution in [3.63, 3.8) is 0 Å². The number of benzene rings is 3. The van der Waals surface area contributed by atoms with Crippen LogP contribution < -0.4 is 15.6 Å². The topological polar surface area (TPSA) is 101 Å². The van der Waals surface area contributed by atoms with Gasteiger partial charge in [0.2, 0.25) is 0 Å². The predicted molar refractivity (Wildman–Crippen MR) is 135 cm³/mol. The van der Waals surface area contributed by atoms with Crippen molar-refractivity contribution in [2.45, 2.75) is 26.8 Å². The Morgan fingerprint density at radius 1 is 1.09 bits per heavy atom.